The SMILES string of the molecule is CC1(NC(=O)CCc2ccccn2)CCc2ccccc2C1. The van der Waals surface area contributed by atoms with Crippen molar-refractivity contribution in [1.82, 2.24) is 10.3 Å². The molecule has 1 aliphatic rings. The molecular weight excluding hydrogens is 272 g/mol. The Morgan fingerprint density at radius 1 is 1.18 bits per heavy atom. The Kier molecular flexibility index (Phi) is 4.23. The first-order valence-electron chi connectivity index (χ1n) is 7.92. The third-order valence-corrected chi connectivity index (χ3v) is 4.42. The van der Waals surface area contributed by atoms with Gasteiger partial charge in [0.1, 0.15) is 0 Å². The van der Waals surface area contributed by atoms with Gasteiger partial charge in [0, 0.05) is 23.9 Å². The third kappa shape index (κ3) is 3.53. The van der Waals surface area contributed by atoms with Gasteiger partial charge in [-0.1, -0.05) is 30.3 Å². The van der Waals surface area contributed by atoms with Crippen molar-refractivity contribution in [3.05, 3.63) is 65.5 Å². The fourth-order valence-corrected chi connectivity index (χ4v) is 3.19. The number of carbonyl (C=O) groups is 1. The lowest BCUT2D eigenvalue weighted by molar-refractivity contribution is -0.123. The van der Waals surface area contributed by atoms with Crippen LogP contribution < -0.4 is 5.32 Å². The predicted molar refractivity (Wildman–Crippen MR) is 87.6 cm³/mol. The van der Waals surface area contributed by atoms with Gasteiger partial charge in [0.2, 0.25) is 5.91 Å². The van der Waals surface area contributed by atoms with Gasteiger partial charge >= 0.3 is 0 Å². The van der Waals surface area contributed by atoms with E-state index >= 15 is 0 Å². The number of nitrogens with one attached hydrogen (secondary N) is 1. The highest BCUT2D eigenvalue weighted by atomic mass is 16.1. The molecule has 1 heterocycles. The summed E-state index contributed by atoms with van der Waals surface area (Å²) in [4.78, 5) is 16.5. The summed E-state index contributed by atoms with van der Waals surface area (Å²) in [5.74, 6) is 0.118. The molecule has 0 fully saturated rings. The van der Waals surface area contributed by atoms with Gasteiger partial charge in [-0.25, -0.2) is 0 Å². The van der Waals surface area contributed by atoms with Crippen molar-refractivity contribution in [2.75, 3.05) is 0 Å². The molecule has 1 amide bonds. The van der Waals surface area contributed by atoms with Gasteiger partial charge in [0.25, 0.3) is 0 Å². The average Bonchev–Trinajstić information content (AvgIpc) is 2.53. The molecule has 1 aromatic carbocycles. The zero-order valence-electron chi connectivity index (χ0n) is 13.0. The Balaban J connectivity index is 1.57. The fourth-order valence-electron chi connectivity index (χ4n) is 3.19. The van der Waals surface area contributed by atoms with Crippen LogP contribution in [0.3, 0.4) is 0 Å². The van der Waals surface area contributed by atoms with Crippen LogP contribution in [0, 0.1) is 0 Å². The monoisotopic (exact) mass is 294 g/mol. The molecule has 22 heavy (non-hydrogen) atoms. The molecule has 2 aromatic rings. The highest BCUT2D eigenvalue weighted by molar-refractivity contribution is 5.77. The smallest absolute Gasteiger partial charge is 0.220 e. The summed E-state index contributed by atoms with van der Waals surface area (Å²) in [5.41, 5.74) is 3.62. The molecule has 1 aliphatic carbocycles. The van der Waals surface area contributed by atoms with E-state index < -0.39 is 0 Å². The van der Waals surface area contributed by atoms with Gasteiger partial charge in [-0.2, -0.15) is 0 Å². The first-order chi connectivity index (χ1) is 10.6. The summed E-state index contributed by atoms with van der Waals surface area (Å²) < 4.78 is 0. The lowest BCUT2D eigenvalue weighted by atomic mass is 9.79. The minimum absolute atomic E-state index is 0.118. The molecule has 0 radical (unpaired) electrons. The number of aryl methyl sites for hydroxylation is 2. The minimum Gasteiger partial charge on any atom is -0.351 e. The Morgan fingerprint density at radius 3 is 2.73 bits per heavy atom. The molecule has 3 heteroatoms. The molecule has 1 unspecified atom stereocenters. The van der Waals surface area contributed by atoms with E-state index in [1.54, 1.807) is 6.20 Å². The number of fused-ring (bicyclic) bond motifs is 1. The number of aromatic nitrogens is 1. The molecule has 114 valence electrons. The number of amides is 1. The van der Waals surface area contributed by atoms with E-state index in [1.807, 2.05) is 18.2 Å². The summed E-state index contributed by atoms with van der Waals surface area (Å²) in [6.07, 6.45) is 5.91. The molecule has 1 aromatic heterocycles. The van der Waals surface area contributed by atoms with Gasteiger partial charge in [-0.3, -0.25) is 9.78 Å². The van der Waals surface area contributed by atoms with E-state index in [0.717, 1.165) is 25.0 Å². The molecule has 0 spiro atoms. The van der Waals surface area contributed by atoms with Crippen molar-refractivity contribution < 1.29 is 4.79 Å². The van der Waals surface area contributed by atoms with E-state index in [4.69, 9.17) is 0 Å². The first-order valence-corrected chi connectivity index (χ1v) is 7.92. The van der Waals surface area contributed by atoms with Gasteiger partial charge in [-0.05, 0) is 55.9 Å². The van der Waals surface area contributed by atoms with Crippen molar-refractivity contribution in [3.63, 3.8) is 0 Å². The van der Waals surface area contributed by atoms with Gasteiger partial charge in [0.15, 0.2) is 0 Å². The van der Waals surface area contributed by atoms with Gasteiger partial charge in [0.05, 0.1) is 0 Å². The molecule has 3 rings (SSSR count). The maximum absolute atomic E-state index is 12.3. The standard InChI is InChI=1S/C19H22N2O/c1-19(12-11-15-6-2-3-7-16(15)14-19)21-18(22)10-9-17-8-4-5-13-20-17/h2-8,13H,9-12,14H2,1H3,(H,21,22). The Bertz CT molecular complexity index is 653. The van der Waals surface area contributed by atoms with Gasteiger partial charge in [-0.15, -0.1) is 0 Å². The summed E-state index contributed by atoms with van der Waals surface area (Å²) in [5, 5.41) is 3.24. The van der Waals surface area contributed by atoms with Crippen LogP contribution in [0.4, 0.5) is 0 Å². The lowest BCUT2D eigenvalue weighted by Crippen LogP contribution is -2.49. The number of rotatable bonds is 4. The van der Waals surface area contributed by atoms with Crippen LogP contribution in [0.1, 0.15) is 36.6 Å². The molecular formula is C19H22N2O. The summed E-state index contributed by atoms with van der Waals surface area (Å²) in [6, 6.07) is 14.3. The van der Waals surface area contributed by atoms with Crippen molar-refractivity contribution in [3.8, 4) is 0 Å². The number of carbonyl (C=O) groups excluding carboxylic acids is 1. The zero-order chi connectivity index (χ0) is 15.4. The number of hydrogen-bond acceptors (Lipinski definition) is 2. The van der Waals surface area contributed by atoms with Crippen molar-refractivity contribution in [2.24, 2.45) is 0 Å². The largest absolute Gasteiger partial charge is 0.351 e. The van der Waals surface area contributed by atoms with E-state index in [-0.39, 0.29) is 11.4 Å². The average molecular weight is 294 g/mol. The maximum atomic E-state index is 12.3. The normalized spacial score (nSPS) is 20.2. The molecule has 0 saturated carbocycles. The number of pyridine rings is 1. The minimum atomic E-state index is -0.129. The van der Waals surface area contributed by atoms with Crippen LogP contribution in [0.15, 0.2) is 48.7 Å². The second-order valence-electron chi connectivity index (χ2n) is 6.38. The summed E-state index contributed by atoms with van der Waals surface area (Å²) in [6.45, 7) is 2.15. The highest BCUT2D eigenvalue weighted by Gasteiger charge is 2.30. The third-order valence-electron chi connectivity index (χ3n) is 4.42. The van der Waals surface area contributed by atoms with Crippen LogP contribution >= 0.6 is 0 Å². The molecule has 3 nitrogen and oxygen atoms in total. The lowest BCUT2D eigenvalue weighted by Gasteiger charge is -2.36. The predicted octanol–water partition coefficient (Wildman–Crippen LogP) is 3.08. The van der Waals surface area contributed by atoms with Crippen molar-refractivity contribution >= 4 is 5.91 Å². The number of benzene rings is 1. The van der Waals surface area contributed by atoms with Crippen molar-refractivity contribution in [2.45, 2.75) is 44.6 Å². The van der Waals surface area contributed by atoms with Crippen LogP contribution in [0.5, 0.6) is 0 Å². The Hall–Kier alpha value is -2.16. The molecule has 1 N–H and O–H groups in total. The number of nitrogens with zero attached hydrogens (tertiary/aromatic N) is 1. The molecule has 0 bridgehead atoms. The second kappa shape index (κ2) is 6.30. The van der Waals surface area contributed by atoms with Crippen LogP contribution in [-0.4, -0.2) is 16.4 Å². The van der Waals surface area contributed by atoms with E-state index in [2.05, 4.69) is 41.5 Å². The quantitative estimate of drug-likeness (QED) is 0.941. The summed E-state index contributed by atoms with van der Waals surface area (Å²) >= 11 is 0. The zero-order valence-corrected chi connectivity index (χ0v) is 13.0. The highest BCUT2D eigenvalue weighted by Crippen LogP contribution is 2.28. The van der Waals surface area contributed by atoms with Crippen LogP contribution in [0.25, 0.3) is 0 Å². The van der Waals surface area contributed by atoms with Crippen LogP contribution in [-0.2, 0) is 24.1 Å². The Morgan fingerprint density at radius 2 is 1.95 bits per heavy atom. The van der Waals surface area contributed by atoms with Crippen molar-refractivity contribution in [1.29, 1.82) is 0 Å². The van der Waals surface area contributed by atoms with E-state index in [9.17, 15) is 4.79 Å². The maximum Gasteiger partial charge on any atom is 0.220 e. The molecule has 0 saturated heterocycles. The topological polar surface area (TPSA) is 42.0 Å². The Labute approximate surface area is 131 Å². The summed E-state index contributed by atoms with van der Waals surface area (Å²) in [7, 11) is 0. The molecule has 0 aliphatic heterocycles. The van der Waals surface area contributed by atoms with Gasteiger partial charge < -0.3 is 5.32 Å². The fraction of sp³-hybridized carbons (Fsp3) is 0.368. The van der Waals surface area contributed by atoms with Crippen LogP contribution in [0.2, 0.25) is 0 Å². The second-order valence-corrected chi connectivity index (χ2v) is 6.38. The number of hydrogen-bond donors (Lipinski definition) is 1. The molecule has 1 atom stereocenters. The first kappa shape index (κ1) is 14.8. The van der Waals surface area contributed by atoms with E-state index in [1.165, 1.54) is 11.1 Å². The van der Waals surface area contributed by atoms with E-state index in [0.29, 0.717) is 12.8 Å².